The zero-order valence-electron chi connectivity index (χ0n) is 11.9. The Balaban J connectivity index is 1.76. The van der Waals surface area contributed by atoms with Crippen LogP contribution in [0.25, 0.3) is 17.3 Å². The lowest BCUT2D eigenvalue weighted by atomic mass is 10.2. The van der Waals surface area contributed by atoms with Crippen LogP contribution in [0.1, 0.15) is 5.82 Å². The maximum atomic E-state index is 12.1. The average Bonchev–Trinajstić information content (AvgIpc) is 3.25. The van der Waals surface area contributed by atoms with Gasteiger partial charge in [0.1, 0.15) is 17.5 Å². The minimum absolute atomic E-state index is 0.0450. The van der Waals surface area contributed by atoms with Gasteiger partial charge in [-0.25, -0.2) is 9.97 Å². The van der Waals surface area contributed by atoms with E-state index in [9.17, 15) is 4.79 Å². The Morgan fingerprint density at radius 1 is 1.35 bits per heavy atom. The number of aromatic amines is 1. The maximum Gasteiger partial charge on any atom is 0.268 e. The SMILES string of the molecule is N#C/C(=C/c1ncc[nH]1)C(=O)Nc1nc(-c2ccccc2)cs1. The lowest BCUT2D eigenvalue weighted by Gasteiger charge is -1.99. The van der Waals surface area contributed by atoms with Gasteiger partial charge in [-0.2, -0.15) is 5.26 Å². The van der Waals surface area contributed by atoms with Crippen LogP contribution < -0.4 is 5.32 Å². The Hall–Kier alpha value is -3.24. The van der Waals surface area contributed by atoms with E-state index in [-0.39, 0.29) is 5.57 Å². The molecule has 2 heterocycles. The number of nitrogens with zero attached hydrogens (tertiary/aromatic N) is 3. The summed E-state index contributed by atoms with van der Waals surface area (Å²) in [7, 11) is 0. The fraction of sp³-hybridized carbons (Fsp3) is 0. The van der Waals surface area contributed by atoms with Crippen LogP contribution in [0, 0.1) is 11.3 Å². The molecule has 0 unspecified atom stereocenters. The number of nitrogens with one attached hydrogen (secondary N) is 2. The van der Waals surface area contributed by atoms with E-state index in [1.54, 1.807) is 12.4 Å². The van der Waals surface area contributed by atoms with Crippen molar-refractivity contribution in [3.05, 3.63) is 59.5 Å². The molecule has 3 rings (SSSR count). The fourth-order valence-electron chi connectivity index (χ4n) is 1.88. The molecule has 0 aliphatic carbocycles. The molecule has 112 valence electrons. The number of nitriles is 1. The molecule has 3 aromatic rings. The highest BCUT2D eigenvalue weighted by Crippen LogP contribution is 2.24. The molecule has 0 fully saturated rings. The number of hydrogen-bond donors (Lipinski definition) is 2. The molecule has 0 atom stereocenters. The number of carbonyl (C=O) groups is 1. The molecule has 0 aliphatic rings. The first-order valence-electron chi connectivity index (χ1n) is 6.70. The lowest BCUT2D eigenvalue weighted by molar-refractivity contribution is -0.112. The molecule has 2 N–H and O–H groups in total. The number of benzene rings is 1. The monoisotopic (exact) mass is 321 g/mol. The first kappa shape index (κ1) is 14.7. The quantitative estimate of drug-likeness (QED) is 0.570. The summed E-state index contributed by atoms with van der Waals surface area (Å²) in [5.74, 6) is -0.0707. The Kier molecular flexibility index (Phi) is 4.27. The Bertz CT molecular complexity index is 875. The Morgan fingerprint density at radius 3 is 2.87 bits per heavy atom. The van der Waals surface area contributed by atoms with E-state index in [1.165, 1.54) is 17.4 Å². The summed E-state index contributed by atoms with van der Waals surface area (Å²) in [6.07, 6.45) is 4.55. The van der Waals surface area contributed by atoms with Crippen LogP contribution in [0.5, 0.6) is 0 Å². The van der Waals surface area contributed by atoms with Crippen LogP contribution in [0.2, 0.25) is 0 Å². The third kappa shape index (κ3) is 3.51. The molecular formula is C16H11N5OS. The molecule has 0 saturated heterocycles. The summed E-state index contributed by atoms with van der Waals surface area (Å²) in [5.41, 5.74) is 1.70. The number of carbonyl (C=O) groups excluding carboxylic acids is 1. The lowest BCUT2D eigenvalue weighted by Crippen LogP contribution is -2.13. The van der Waals surface area contributed by atoms with E-state index in [4.69, 9.17) is 5.26 Å². The largest absolute Gasteiger partial charge is 0.345 e. The summed E-state index contributed by atoms with van der Waals surface area (Å²) in [5, 5.41) is 14.0. The van der Waals surface area contributed by atoms with Gasteiger partial charge in [-0.3, -0.25) is 10.1 Å². The molecule has 0 aliphatic heterocycles. The van der Waals surface area contributed by atoms with E-state index in [2.05, 4.69) is 20.3 Å². The van der Waals surface area contributed by atoms with E-state index < -0.39 is 5.91 Å². The summed E-state index contributed by atoms with van der Waals surface area (Å²) >= 11 is 1.31. The summed E-state index contributed by atoms with van der Waals surface area (Å²) in [4.78, 5) is 23.3. The number of aromatic nitrogens is 3. The van der Waals surface area contributed by atoms with Crippen LogP contribution in [-0.4, -0.2) is 20.9 Å². The van der Waals surface area contributed by atoms with Gasteiger partial charge in [0.2, 0.25) is 0 Å². The van der Waals surface area contributed by atoms with Gasteiger partial charge in [0.25, 0.3) is 5.91 Å². The Labute approximate surface area is 136 Å². The smallest absolute Gasteiger partial charge is 0.268 e. The molecular weight excluding hydrogens is 310 g/mol. The van der Waals surface area contributed by atoms with Crippen LogP contribution >= 0.6 is 11.3 Å². The second kappa shape index (κ2) is 6.68. The van der Waals surface area contributed by atoms with Crippen molar-refractivity contribution in [3.63, 3.8) is 0 Å². The van der Waals surface area contributed by atoms with Gasteiger partial charge in [-0.1, -0.05) is 30.3 Å². The second-order valence-corrected chi connectivity index (χ2v) is 5.36. The highest BCUT2D eigenvalue weighted by molar-refractivity contribution is 7.14. The van der Waals surface area contributed by atoms with Gasteiger partial charge in [0.05, 0.1) is 5.69 Å². The zero-order chi connectivity index (χ0) is 16.1. The second-order valence-electron chi connectivity index (χ2n) is 4.50. The van der Waals surface area contributed by atoms with Gasteiger partial charge >= 0.3 is 0 Å². The number of rotatable bonds is 4. The van der Waals surface area contributed by atoms with Gasteiger partial charge in [0.15, 0.2) is 5.13 Å². The summed E-state index contributed by atoms with van der Waals surface area (Å²) in [6.45, 7) is 0. The van der Waals surface area contributed by atoms with Crippen molar-refractivity contribution < 1.29 is 4.79 Å². The third-order valence-electron chi connectivity index (χ3n) is 2.96. The molecule has 0 radical (unpaired) electrons. The van der Waals surface area contributed by atoms with E-state index in [0.717, 1.165) is 11.3 Å². The molecule has 1 amide bonds. The third-order valence-corrected chi connectivity index (χ3v) is 3.72. The topological polar surface area (TPSA) is 94.5 Å². The molecule has 1 aromatic carbocycles. The molecule has 2 aromatic heterocycles. The van der Waals surface area contributed by atoms with Crippen molar-refractivity contribution in [2.24, 2.45) is 0 Å². The number of amides is 1. The highest BCUT2D eigenvalue weighted by Gasteiger charge is 2.13. The van der Waals surface area contributed by atoms with Gasteiger partial charge in [0, 0.05) is 29.4 Å². The maximum absolute atomic E-state index is 12.1. The first-order valence-corrected chi connectivity index (χ1v) is 7.57. The zero-order valence-corrected chi connectivity index (χ0v) is 12.7. The predicted molar refractivity (Wildman–Crippen MR) is 88.4 cm³/mol. The Morgan fingerprint density at radius 2 is 2.17 bits per heavy atom. The van der Waals surface area contributed by atoms with E-state index in [0.29, 0.717) is 11.0 Å². The summed E-state index contributed by atoms with van der Waals surface area (Å²) < 4.78 is 0. The predicted octanol–water partition coefficient (Wildman–Crippen LogP) is 3.08. The highest BCUT2D eigenvalue weighted by atomic mass is 32.1. The van der Waals surface area contributed by atoms with Crippen LogP contribution in [0.3, 0.4) is 0 Å². The molecule has 7 heteroatoms. The number of thiazole rings is 1. The number of H-pyrrole nitrogens is 1. The van der Waals surface area contributed by atoms with Crippen molar-refractivity contribution in [2.45, 2.75) is 0 Å². The normalized spacial score (nSPS) is 11.0. The molecule has 6 nitrogen and oxygen atoms in total. The summed E-state index contributed by atoms with van der Waals surface area (Å²) in [6, 6.07) is 11.5. The first-order chi connectivity index (χ1) is 11.3. The van der Waals surface area contributed by atoms with Crippen molar-refractivity contribution in [2.75, 3.05) is 5.32 Å². The standard InChI is InChI=1S/C16H11N5OS/c17-9-12(8-14-18-6-7-19-14)15(22)21-16-20-13(10-23-16)11-4-2-1-3-5-11/h1-8,10H,(H,18,19)(H,20,21,22)/b12-8-. The molecule has 0 spiro atoms. The number of imidazole rings is 1. The van der Waals surface area contributed by atoms with Crippen LogP contribution in [0.4, 0.5) is 5.13 Å². The van der Waals surface area contributed by atoms with Crippen LogP contribution in [0.15, 0.2) is 53.7 Å². The minimum Gasteiger partial charge on any atom is -0.345 e. The fourth-order valence-corrected chi connectivity index (χ4v) is 2.59. The number of hydrogen-bond acceptors (Lipinski definition) is 5. The molecule has 0 bridgehead atoms. The molecule has 23 heavy (non-hydrogen) atoms. The van der Waals surface area contributed by atoms with Gasteiger partial charge in [-0.05, 0) is 0 Å². The van der Waals surface area contributed by atoms with Crippen LogP contribution in [-0.2, 0) is 4.79 Å². The van der Waals surface area contributed by atoms with E-state index >= 15 is 0 Å². The van der Waals surface area contributed by atoms with E-state index in [1.807, 2.05) is 41.8 Å². The van der Waals surface area contributed by atoms with Crippen molar-refractivity contribution in [1.29, 1.82) is 5.26 Å². The molecule has 0 saturated carbocycles. The van der Waals surface area contributed by atoms with Crippen molar-refractivity contribution in [3.8, 4) is 17.3 Å². The average molecular weight is 321 g/mol. The minimum atomic E-state index is -0.516. The van der Waals surface area contributed by atoms with Gasteiger partial charge in [-0.15, -0.1) is 11.3 Å². The van der Waals surface area contributed by atoms with Crippen molar-refractivity contribution >= 4 is 28.5 Å². The number of anilines is 1. The van der Waals surface area contributed by atoms with Crippen molar-refractivity contribution in [1.82, 2.24) is 15.0 Å². The van der Waals surface area contributed by atoms with Gasteiger partial charge < -0.3 is 4.98 Å².